The molecule has 2 N–H and O–H groups in total. The van der Waals surface area contributed by atoms with Crippen LogP contribution in [0.15, 0.2) is 72.8 Å². The Balaban J connectivity index is 1.91. The van der Waals surface area contributed by atoms with Crippen LogP contribution in [0.1, 0.15) is 30.5 Å². The van der Waals surface area contributed by atoms with E-state index in [1.165, 1.54) is 12.1 Å². The Labute approximate surface area is 195 Å². The number of phenolic OH excluding ortho intramolecular Hbond substituents is 2. The Bertz CT molecular complexity index is 1060. The molecule has 0 saturated heterocycles. The predicted molar refractivity (Wildman–Crippen MR) is 132 cm³/mol. The fourth-order valence-corrected chi connectivity index (χ4v) is 3.81. The first-order valence-electron chi connectivity index (χ1n) is 10.9. The van der Waals surface area contributed by atoms with Gasteiger partial charge >= 0.3 is 0 Å². The van der Waals surface area contributed by atoms with Crippen molar-refractivity contribution in [3.8, 4) is 17.2 Å². The monoisotopic (exact) mass is 452 g/mol. The maximum absolute atomic E-state index is 10.1. The fourth-order valence-electron chi connectivity index (χ4n) is 3.47. The van der Waals surface area contributed by atoms with Crippen LogP contribution in [0.2, 0.25) is 0 Å². The van der Waals surface area contributed by atoms with Crippen LogP contribution in [-0.2, 0) is 0 Å². The highest BCUT2D eigenvalue weighted by molar-refractivity contribution is 6.53. The van der Waals surface area contributed by atoms with Gasteiger partial charge in [-0.3, -0.25) is 0 Å². The largest absolute Gasteiger partial charge is 0.504 e. The lowest BCUT2D eigenvalue weighted by molar-refractivity contribution is -0.906. The van der Waals surface area contributed by atoms with E-state index in [4.69, 9.17) is 16.3 Å². The maximum atomic E-state index is 10.1. The second-order valence-corrected chi connectivity index (χ2v) is 8.48. The van der Waals surface area contributed by atoms with Gasteiger partial charge in [0.05, 0.1) is 25.2 Å². The van der Waals surface area contributed by atoms with Crippen molar-refractivity contribution in [2.24, 2.45) is 0 Å². The highest BCUT2D eigenvalue weighted by Gasteiger charge is 2.17. The number of quaternary nitrogens is 1. The van der Waals surface area contributed by atoms with Crippen molar-refractivity contribution < 1.29 is 19.4 Å². The zero-order valence-corrected chi connectivity index (χ0v) is 19.6. The molecule has 3 aromatic carbocycles. The van der Waals surface area contributed by atoms with Crippen molar-refractivity contribution >= 4 is 22.2 Å². The molecule has 0 fully saturated rings. The lowest BCUT2D eigenvalue weighted by Gasteiger charge is -2.31. The van der Waals surface area contributed by atoms with Gasteiger partial charge in [-0.15, -0.1) is 0 Å². The first-order chi connectivity index (χ1) is 15.4. The summed E-state index contributed by atoms with van der Waals surface area (Å²) in [6.45, 7) is 8.14. The quantitative estimate of drug-likeness (QED) is 0.233. The summed E-state index contributed by atoms with van der Waals surface area (Å²) in [5.74, 6) is 0.444. The molecule has 0 bridgehead atoms. The van der Waals surface area contributed by atoms with E-state index in [0.29, 0.717) is 17.2 Å². The van der Waals surface area contributed by atoms with Crippen LogP contribution >= 0.6 is 11.6 Å². The molecule has 0 aliphatic rings. The van der Waals surface area contributed by atoms with E-state index in [0.717, 1.165) is 46.6 Å². The number of benzene rings is 3. The molecular formula is C27H31ClNO3+. The number of phenols is 2. The average Bonchev–Trinajstić information content (AvgIpc) is 2.83. The molecule has 0 saturated carbocycles. The molecule has 168 valence electrons. The van der Waals surface area contributed by atoms with Gasteiger partial charge < -0.3 is 19.4 Å². The van der Waals surface area contributed by atoms with E-state index < -0.39 is 0 Å². The first kappa shape index (κ1) is 23.7. The number of hydrogen-bond donors (Lipinski definition) is 2. The molecule has 0 spiro atoms. The van der Waals surface area contributed by atoms with Gasteiger partial charge in [-0.2, -0.15) is 0 Å². The Hall–Kier alpha value is -2.95. The second kappa shape index (κ2) is 10.6. The number of nitrogens with zero attached hydrogens (tertiary/aromatic N) is 1. The predicted octanol–water partition coefficient (Wildman–Crippen LogP) is 6.12. The van der Waals surface area contributed by atoms with Crippen LogP contribution in [0.4, 0.5) is 0 Å². The third-order valence-electron chi connectivity index (χ3n) is 6.08. The van der Waals surface area contributed by atoms with Crippen LogP contribution in [0.3, 0.4) is 0 Å². The van der Waals surface area contributed by atoms with Crippen LogP contribution in [0, 0.1) is 0 Å². The zero-order chi connectivity index (χ0) is 23.1. The fraction of sp³-hybridized carbons (Fsp3) is 0.259. The van der Waals surface area contributed by atoms with Crippen molar-refractivity contribution in [3.05, 3.63) is 89.5 Å². The molecule has 0 amide bonds. The Morgan fingerprint density at radius 1 is 0.812 bits per heavy atom. The van der Waals surface area contributed by atoms with Gasteiger partial charge in [-0.25, -0.2) is 0 Å². The van der Waals surface area contributed by atoms with E-state index >= 15 is 0 Å². The second-order valence-electron chi connectivity index (χ2n) is 8.11. The summed E-state index contributed by atoms with van der Waals surface area (Å²) in [5.41, 5.74) is 3.23. The minimum atomic E-state index is -0.189. The molecule has 3 rings (SSSR count). The van der Waals surface area contributed by atoms with Crippen LogP contribution < -0.4 is 4.74 Å². The molecule has 0 radical (unpaired) electrons. The van der Waals surface area contributed by atoms with E-state index in [-0.39, 0.29) is 11.5 Å². The smallest absolute Gasteiger partial charge is 0.158 e. The Kier molecular flexibility index (Phi) is 7.84. The first-order valence-corrected chi connectivity index (χ1v) is 11.3. The molecular weight excluding hydrogens is 422 g/mol. The summed E-state index contributed by atoms with van der Waals surface area (Å²) in [5, 5.41) is 20.4. The van der Waals surface area contributed by atoms with Crippen LogP contribution in [0.25, 0.3) is 10.6 Å². The summed E-state index contributed by atoms with van der Waals surface area (Å²) in [7, 11) is 2.24. The summed E-state index contributed by atoms with van der Waals surface area (Å²) >= 11 is 6.84. The van der Waals surface area contributed by atoms with Gasteiger partial charge in [0.1, 0.15) is 18.9 Å². The Morgan fingerprint density at radius 3 is 2.03 bits per heavy atom. The molecule has 0 atom stereocenters. The van der Waals surface area contributed by atoms with Gasteiger partial charge in [0, 0.05) is 5.57 Å². The summed E-state index contributed by atoms with van der Waals surface area (Å²) in [6.07, 6.45) is 0. The van der Waals surface area contributed by atoms with Gasteiger partial charge in [0.25, 0.3) is 0 Å². The highest BCUT2D eigenvalue weighted by atomic mass is 35.5. The maximum Gasteiger partial charge on any atom is 0.158 e. The molecule has 0 aromatic heterocycles. The molecule has 32 heavy (non-hydrogen) atoms. The molecule has 0 heterocycles. The van der Waals surface area contributed by atoms with E-state index in [1.807, 2.05) is 54.6 Å². The van der Waals surface area contributed by atoms with Crippen molar-refractivity contribution in [3.63, 3.8) is 0 Å². The number of ether oxygens (including phenoxy) is 1. The summed E-state index contributed by atoms with van der Waals surface area (Å²) in [6, 6.07) is 22.2. The summed E-state index contributed by atoms with van der Waals surface area (Å²) in [4.78, 5) is 0. The van der Waals surface area contributed by atoms with Gasteiger partial charge in [0.15, 0.2) is 11.5 Å². The van der Waals surface area contributed by atoms with Gasteiger partial charge in [0.2, 0.25) is 0 Å². The number of rotatable bonds is 9. The third-order valence-corrected chi connectivity index (χ3v) is 6.49. The van der Waals surface area contributed by atoms with E-state index in [9.17, 15) is 10.2 Å². The summed E-state index contributed by atoms with van der Waals surface area (Å²) < 4.78 is 6.96. The minimum absolute atomic E-state index is 0.169. The molecule has 4 nitrogen and oxygen atoms in total. The SMILES string of the molecule is CC[N+](C)(CC)CCOc1ccc(C(=C(Cl)c2ccccc2)c2ccc(O)c(O)c2)cc1. The van der Waals surface area contributed by atoms with Crippen molar-refractivity contribution in [1.82, 2.24) is 0 Å². The van der Waals surface area contributed by atoms with E-state index in [1.54, 1.807) is 6.07 Å². The van der Waals surface area contributed by atoms with Crippen molar-refractivity contribution in [2.75, 3.05) is 33.3 Å². The zero-order valence-electron chi connectivity index (χ0n) is 18.9. The standard InChI is InChI=1S/C27H30ClNO3/c1-4-29(3,5-2)17-18-32-23-14-11-20(12-15-23)26(22-13-16-24(30)25(31)19-22)27(28)21-9-7-6-8-10-21/h6-16,19H,4-5,17-18H2,1-3H3,(H-,30,31)/p+1. The average molecular weight is 453 g/mol. The lowest BCUT2D eigenvalue weighted by Crippen LogP contribution is -2.46. The topological polar surface area (TPSA) is 49.7 Å². The van der Waals surface area contributed by atoms with Crippen LogP contribution in [0.5, 0.6) is 17.2 Å². The number of hydrogen-bond acceptors (Lipinski definition) is 3. The van der Waals surface area contributed by atoms with Crippen molar-refractivity contribution in [1.29, 1.82) is 0 Å². The van der Waals surface area contributed by atoms with Crippen LogP contribution in [-0.4, -0.2) is 48.0 Å². The van der Waals surface area contributed by atoms with Gasteiger partial charge in [-0.1, -0.05) is 60.1 Å². The van der Waals surface area contributed by atoms with Gasteiger partial charge in [-0.05, 0) is 54.8 Å². The van der Waals surface area contributed by atoms with E-state index in [2.05, 4.69) is 20.9 Å². The lowest BCUT2D eigenvalue weighted by atomic mass is 9.95. The molecule has 5 heteroatoms. The number of likely N-dealkylation sites (N-methyl/N-ethyl adjacent to an activating group) is 1. The molecule has 0 aliphatic carbocycles. The van der Waals surface area contributed by atoms with Crippen molar-refractivity contribution in [2.45, 2.75) is 13.8 Å². The number of aromatic hydroxyl groups is 2. The highest BCUT2D eigenvalue weighted by Crippen LogP contribution is 2.38. The number of halogens is 1. The minimum Gasteiger partial charge on any atom is -0.504 e. The molecule has 0 aliphatic heterocycles. The molecule has 0 unspecified atom stereocenters. The Morgan fingerprint density at radius 2 is 1.44 bits per heavy atom. The third kappa shape index (κ3) is 5.64. The molecule has 3 aromatic rings. The normalized spacial score (nSPS) is 12.4.